The van der Waals surface area contributed by atoms with E-state index in [9.17, 15) is 4.79 Å². The second kappa shape index (κ2) is 5.52. The standard InChI is InChI=1S/C12H15IN2O/c13-9-3-5-10(6-4-9)15-11-2-1-7-14-12(16)8-11/h3-6,11,15H,1-2,7-8H2,(H,14,16). The van der Waals surface area contributed by atoms with Crippen LogP contribution in [0.15, 0.2) is 24.3 Å². The Morgan fingerprint density at radius 3 is 2.81 bits per heavy atom. The summed E-state index contributed by atoms with van der Waals surface area (Å²) in [5.41, 5.74) is 1.10. The SMILES string of the molecule is O=C1CC(Nc2ccc(I)cc2)CCCN1. The van der Waals surface area contributed by atoms with Crippen LogP contribution in [0, 0.1) is 3.57 Å². The fourth-order valence-electron chi connectivity index (χ4n) is 1.88. The van der Waals surface area contributed by atoms with Gasteiger partial charge in [-0.25, -0.2) is 0 Å². The molecular weight excluding hydrogens is 315 g/mol. The molecule has 0 aromatic heterocycles. The van der Waals surface area contributed by atoms with Gasteiger partial charge in [0.05, 0.1) is 0 Å². The minimum absolute atomic E-state index is 0.153. The van der Waals surface area contributed by atoms with Crippen LogP contribution < -0.4 is 10.6 Å². The Labute approximate surface area is 109 Å². The Hall–Kier alpha value is -0.780. The Kier molecular flexibility index (Phi) is 4.04. The average Bonchev–Trinajstić information content (AvgIpc) is 2.46. The zero-order valence-corrected chi connectivity index (χ0v) is 11.2. The van der Waals surface area contributed by atoms with E-state index in [0.717, 1.165) is 25.1 Å². The number of hydrogen-bond acceptors (Lipinski definition) is 2. The van der Waals surface area contributed by atoms with Crippen LogP contribution in [0.4, 0.5) is 5.69 Å². The van der Waals surface area contributed by atoms with Gasteiger partial charge in [0.1, 0.15) is 0 Å². The Morgan fingerprint density at radius 1 is 1.31 bits per heavy atom. The number of halogens is 1. The lowest BCUT2D eigenvalue weighted by atomic mass is 10.1. The molecule has 86 valence electrons. The van der Waals surface area contributed by atoms with Crippen molar-refractivity contribution in [2.24, 2.45) is 0 Å². The maximum absolute atomic E-state index is 11.4. The lowest BCUT2D eigenvalue weighted by Gasteiger charge is -2.16. The molecule has 0 saturated carbocycles. The summed E-state index contributed by atoms with van der Waals surface area (Å²) in [7, 11) is 0. The normalized spacial score (nSPS) is 21.1. The lowest BCUT2D eigenvalue weighted by Crippen LogP contribution is -2.26. The highest BCUT2D eigenvalue weighted by Crippen LogP contribution is 2.16. The summed E-state index contributed by atoms with van der Waals surface area (Å²) in [6.07, 6.45) is 2.67. The van der Waals surface area contributed by atoms with Gasteiger partial charge in [-0.05, 0) is 59.7 Å². The Morgan fingerprint density at radius 2 is 2.06 bits per heavy atom. The van der Waals surface area contributed by atoms with Gasteiger partial charge in [-0.1, -0.05) is 0 Å². The minimum atomic E-state index is 0.153. The molecule has 0 aliphatic carbocycles. The summed E-state index contributed by atoms with van der Waals surface area (Å²) in [5, 5.41) is 6.30. The van der Waals surface area contributed by atoms with Crippen molar-refractivity contribution in [2.45, 2.75) is 25.3 Å². The number of anilines is 1. The quantitative estimate of drug-likeness (QED) is 0.818. The first-order chi connectivity index (χ1) is 7.74. The molecule has 1 amide bonds. The molecule has 1 heterocycles. The van der Waals surface area contributed by atoms with E-state index in [-0.39, 0.29) is 11.9 Å². The van der Waals surface area contributed by atoms with Crippen LogP contribution in [-0.4, -0.2) is 18.5 Å². The lowest BCUT2D eigenvalue weighted by molar-refractivity contribution is -0.120. The maximum atomic E-state index is 11.4. The van der Waals surface area contributed by atoms with Gasteiger partial charge in [0.25, 0.3) is 0 Å². The fourth-order valence-corrected chi connectivity index (χ4v) is 2.24. The van der Waals surface area contributed by atoms with Crippen LogP contribution in [0.5, 0.6) is 0 Å². The molecule has 1 fully saturated rings. The van der Waals surface area contributed by atoms with Crippen molar-refractivity contribution in [1.82, 2.24) is 5.32 Å². The Bertz CT molecular complexity index is 364. The second-order valence-corrected chi connectivity index (χ2v) is 5.29. The number of carbonyl (C=O) groups excluding carboxylic acids is 1. The molecule has 0 bridgehead atoms. The first-order valence-electron chi connectivity index (χ1n) is 5.53. The molecule has 1 aromatic rings. The van der Waals surface area contributed by atoms with Crippen molar-refractivity contribution in [3.8, 4) is 0 Å². The van der Waals surface area contributed by atoms with Gasteiger partial charge in [0.15, 0.2) is 0 Å². The number of hydrogen-bond donors (Lipinski definition) is 2. The van der Waals surface area contributed by atoms with E-state index in [2.05, 4.69) is 57.5 Å². The van der Waals surface area contributed by atoms with Crippen LogP contribution >= 0.6 is 22.6 Å². The van der Waals surface area contributed by atoms with E-state index in [1.165, 1.54) is 3.57 Å². The second-order valence-electron chi connectivity index (χ2n) is 4.04. The van der Waals surface area contributed by atoms with Crippen molar-refractivity contribution in [2.75, 3.05) is 11.9 Å². The van der Waals surface area contributed by atoms with E-state index in [1.807, 2.05) is 0 Å². The third-order valence-corrected chi connectivity index (χ3v) is 3.42. The predicted molar refractivity (Wildman–Crippen MR) is 73.4 cm³/mol. The number of carbonyl (C=O) groups is 1. The monoisotopic (exact) mass is 330 g/mol. The van der Waals surface area contributed by atoms with Crippen molar-refractivity contribution in [3.05, 3.63) is 27.8 Å². The van der Waals surface area contributed by atoms with E-state index in [0.29, 0.717) is 6.42 Å². The predicted octanol–water partition coefficient (Wildman–Crippen LogP) is 2.37. The number of benzene rings is 1. The summed E-state index contributed by atoms with van der Waals surface area (Å²) >= 11 is 2.28. The first-order valence-corrected chi connectivity index (χ1v) is 6.61. The van der Waals surface area contributed by atoms with E-state index in [1.54, 1.807) is 0 Å². The van der Waals surface area contributed by atoms with E-state index < -0.39 is 0 Å². The summed E-state index contributed by atoms with van der Waals surface area (Å²) in [5.74, 6) is 0.153. The first kappa shape index (κ1) is 11.7. The maximum Gasteiger partial charge on any atom is 0.222 e. The highest BCUT2D eigenvalue weighted by Gasteiger charge is 2.16. The van der Waals surface area contributed by atoms with Crippen LogP contribution in [0.25, 0.3) is 0 Å². The smallest absolute Gasteiger partial charge is 0.222 e. The van der Waals surface area contributed by atoms with Gasteiger partial charge >= 0.3 is 0 Å². The molecule has 1 saturated heterocycles. The van der Waals surface area contributed by atoms with Gasteiger partial charge < -0.3 is 10.6 Å². The Balaban J connectivity index is 1.97. The van der Waals surface area contributed by atoms with E-state index >= 15 is 0 Å². The minimum Gasteiger partial charge on any atom is -0.382 e. The van der Waals surface area contributed by atoms with Crippen molar-refractivity contribution >= 4 is 34.2 Å². The van der Waals surface area contributed by atoms with Gasteiger partial charge in [0.2, 0.25) is 5.91 Å². The van der Waals surface area contributed by atoms with Gasteiger partial charge in [-0.3, -0.25) is 4.79 Å². The molecule has 16 heavy (non-hydrogen) atoms. The van der Waals surface area contributed by atoms with Crippen molar-refractivity contribution in [1.29, 1.82) is 0 Å². The van der Waals surface area contributed by atoms with Crippen LogP contribution in [0.2, 0.25) is 0 Å². The van der Waals surface area contributed by atoms with Crippen molar-refractivity contribution in [3.63, 3.8) is 0 Å². The molecule has 4 heteroatoms. The topological polar surface area (TPSA) is 41.1 Å². The molecule has 1 aliphatic heterocycles. The third-order valence-electron chi connectivity index (χ3n) is 2.70. The van der Waals surface area contributed by atoms with Crippen LogP contribution in [0.3, 0.4) is 0 Å². The third kappa shape index (κ3) is 3.37. The molecule has 0 radical (unpaired) electrons. The highest BCUT2D eigenvalue weighted by atomic mass is 127. The summed E-state index contributed by atoms with van der Waals surface area (Å²) < 4.78 is 1.22. The largest absolute Gasteiger partial charge is 0.382 e. The van der Waals surface area contributed by atoms with Crippen LogP contribution in [0.1, 0.15) is 19.3 Å². The van der Waals surface area contributed by atoms with Gasteiger partial charge in [-0.15, -0.1) is 0 Å². The van der Waals surface area contributed by atoms with Gasteiger partial charge in [0, 0.05) is 28.3 Å². The fraction of sp³-hybridized carbons (Fsp3) is 0.417. The van der Waals surface area contributed by atoms with Crippen molar-refractivity contribution < 1.29 is 4.79 Å². The molecule has 1 aromatic carbocycles. The molecule has 1 aliphatic rings. The highest BCUT2D eigenvalue weighted by molar-refractivity contribution is 14.1. The molecule has 1 atom stereocenters. The molecule has 1 unspecified atom stereocenters. The summed E-state index contributed by atoms with van der Waals surface area (Å²) in [4.78, 5) is 11.4. The zero-order valence-electron chi connectivity index (χ0n) is 9.00. The number of nitrogens with one attached hydrogen (secondary N) is 2. The summed E-state index contributed by atoms with van der Waals surface area (Å²) in [6.45, 7) is 0.809. The van der Waals surface area contributed by atoms with Gasteiger partial charge in [-0.2, -0.15) is 0 Å². The number of amides is 1. The molecule has 0 spiro atoms. The molecule has 2 rings (SSSR count). The zero-order chi connectivity index (χ0) is 11.4. The summed E-state index contributed by atoms with van der Waals surface area (Å²) in [6, 6.07) is 8.52. The number of rotatable bonds is 2. The molecular formula is C12H15IN2O. The molecule has 3 nitrogen and oxygen atoms in total. The average molecular weight is 330 g/mol. The van der Waals surface area contributed by atoms with E-state index in [4.69, 9.17) is 0 Å². The molecule has 2 N–H and O–H groups in total. The van der Waals surface area contributed by atoms with Crippen LogP contribution in [-0.2, 0) is 4.79 Å².